The Morgan fingerprint density at radius 2 is 1.06 bits per heavy atom. The number of esters is 1. The largest absolute Gasteiger partial charge is 0.498 e. The van der Waals surface area contributed by atoms with Crippen molar-refractivity contribution in [1.29, 1.82) is 0 Å². The van der Waals surface area contributed by atoms with Crippen LogP contribution in [0.15, 0.2) is 24.5 Å². The molecule has 0 aliphatic rings. The lowest BCUT2D eigenvalue weighted by molar-refractivity contribution is -0.153. The predicted octanol–water partition coefficient (Wildman–Crippen LogP) is 11.6. The molecule has 0 rings (SSSR count). The van der Waals surface area contributed by atoms with E-state index in [4.69, 9.17) is 24.3 Å². The van der Waals surface area contributed by atoms with Crippen molar-refractivity contribution in [2.24, 2.45) is 5.73 Å². The van der Waals surface area contributed by atoms with Gasteiger partial charge in [0.25, 0.3) is 0 Å². The Kier molecular flexibility index (Phi) is 36.2. The molecule has 0 saturated carbocycles. The van der Waals surface area contributed by atoms with Crippen LogP contribution in [0.1, 0.15) is 187 Å². The van der Waals surface area contributed by atoms with Gasteiger partial charge in [-0.05, 0) is 51.0 Å². The van der Waals surface area contributed by atoms with Gasteiger partial charge in [-0.2, -0.15) is 0 Å². The van der Waals surface area contributed by atoms with Gasteiger partial charge in [0, 0.05) is 13.0 Å². The smallest absolute Gasteiger partial charge is 0.472 e. The third-order valence-corrected chi connectivity index (χ3v) is 9.42. The van der Waals surface area contributed by atoms with Gasteiger partial charge in [0.2, 0.25) is 0 Å². The van der Waals surface area contributed by atoms with Crippen molar-refractivity contribution in [3.05, 3.63) is 24.5 Å². The lowest BCUT2D eigenvalue weighted by Crippen LogP contribution is -2.27. The van der Waals surface area contributed by atoms with Crippen LogP contribution in [0, 0.1) is 0 Å². The zero-order valence-electron chi connectivity index (χ0n) is 31.2. The minimum atomic E-state index is -4.29. The van der Waals surface area contributed by atoms with E-state index in [2.05, 4.69) is 26.0 Å². The zero-order chi connectivity index (χ0) is 35.2. The van der Waals surface area contributed by atoms with Gasteiger partial charge < -0.3 is 20.1 Å². The van der Waals surface area contributed by atoms with Crippen LogP contribution in [0.25, 0.3) is 0 Å². The Morgan fingerprint density at radius 3 is 1.56 bits per heavy atom. The number of carbonyl (C=O) groups is 1. The summed E-state index contributed by atoms with van der Waals surface area (Å²) in [5.74, 6) is -0.361. The lowest BCUT2D eigenvalue weighted by Gasteiger charge is -2.19. The molecule has 284 valence electrons. The number of hydrogen-bond donors (Lipinski definition) is 2. The molecule has 0 amide bonds. The lowest BCUT2D eigenvalue weighted by atomic mass is 10.0. The molecule has 0 saturated heterocycles. The summed E-state index contributed by atoms with van der Waals surface area (Å²) in [7, 11) is -4.29. The molecular weight excluding hydrogens is 625 g/mol. The molecule has 0 aromatic heterocycles. The molecule has 3 N–H and O–H groups in total. The van der Waals surface area contributed by atoms with Crippen molar-refractivity contribution >= 4 is 13.8 Å². The van der Waals surface area contributed by atoms with E-state index >= 15 is 0 Å². The summed E-state index contributed by atoms with van der Waals surface area (Å²) in [5.41, 5.74) is 5.35. The van der Waals surface area contributed by atoms with E-state index in [0.29, 0.717) is 6.42 Å². The molecule has 2 atom stereocenters. The van der Waals surface area contributed by atoms with E-state index in [9.17, 15) is 14.3 Å². The molecule has 8 nitrogen and oxygen atoms in total. The van der Waals surface area contributed by atoms with Crippen LogP contribution in [0.4, 0.5) is 0 Å². The molecule has 1 unspecified atom stereocenters. The van der Waals surface area contributed by atoms with Gasteiger partial charge in [-0.25, -0.2) is 4.57 Å². The highest BCUT2D eigenvalue weighted by Gasteiger charge is 2.25. The normalized spacial score (nSPS) is 13.8. The number of nitrogens with two attached hydrogens (primary N) is 1. The fourth-order valence-corrected chi connectivity index (χ4v) is 6.25. The molecule has 0 bridgehead atoms. The molecule has 0 aromatic rings. The Hall–Kier alpha value is -1.18. The molecule has 0 aliphatic carbocycles. The maximum absolute atomic E-state index is 12.5. The third-order valence-electron chi connectivity index (χ3n) is 8.44. The second kappa shape index (κ2) is 37.1. The van der Waals surface area contributed by atoms with E-state index in [1.54, 1.807) is 6.26 Å². The zero-order valence-corrected chi connectivity index (χ0v) is 32.1. The maximum Gasteiger partial charge on any atom is 0.472 e. The molecule has 9 heteroatoms. The Bertz CT molecular complexity index is 792. The van der Waals surface area contributed by atoms with Gasteiger partial charge in [0.1, 0.15) is 6.61 Å². The molecule has 0 aliphatic heterocycles. The number of rotatable bonds is 38. The predicted molar refractivity (Wildman–Crippen MR) is 201 cm³/mol. The number of carbonyl (C=O) groups excluding carboxylic acids is 1. The van der Waals surface area contributed by atoms with E-state index in [-0.39, 0.29) is 32.3 Å². The van der Waals surface area contributed by atoms with Crippen LogP contribution >= 0.6 is 7.82 Å². The van der Waals surface area contributed by atoms with Gasteiger partial charge in [-0.15, -0.1) is 0 Å². The van der Waals surface area contributed by atoms with Crippen LogP contribution < -0.4 is 5.73 Å². The maximum atomic E-state index is 12.5. The summed E-state index contributed by atoms with van der Waals surface area (Å²) < 4.78 is 33.1. The molecule has 0 heterocycles. The molecule has 48 heavy (non-hydrogen) atoms. The highest BCUT2D eigenvalue weighted by Crippen LogP contribution is 2.43. The van der Waals surface area contributed by atoms with E-state index < -0.39 is 13.9 Å². The average molecular weight is 702 g/mol. The number of phosphoric ester groups is 1. The standard InChI is InChI=1S/C39H76NO7P/c1-3-5-7-9-11-13-15-17-18-19-21-23-25-27-29-31-34-44-36-38(37-46-48(42,43)45-35-33-40)47-39(41)32-30-28-26-24-22-20-16-14-12-10-8-6-4-2/h14,16,31,34,38H,3-13,15,17-30,32-33,35-37,40H2,1-2H3,(H,42,43)/b16-14+,34-31+/t38-/m1/s1. The van der Waals surface area contributed by atoms with Crippen LogP contribution in [0.3, 0.4) is 0 Å². The number of phosphoric acid groups is 1. The molecule has 0 aromatic carbocycles. The van der Waals surface area contributed by atoms with E-state index in [1.165, 1.54) is 122 Å². The Balaban J connectivity index is 4.12. The van der Waals surface area contributed by atoms with Crippen molar-refractivity contribution in [3.8, 4) is 0 Å². The summed E-state index contributed by atoms with van der Waals surface area (Å²) in [4.78, 5) is 22.4. The highest BCUT2D eigenvalue weighted by atomic mass is 31.2. The molecule has 0 radical (unpaired) electrons. The van der Waals surface area contributed by atoms with Crippen molar-refractivity contribution in [2.75, 3.05) is 26.4 Å². The highest BCUT2D eigenvalue weighted by molar-refractivity contribution is 7.47. The van der Waals surface area contributed by atoms with Crippen molar-refractivity contribution < 1.29 is 32.8 Å². The SMILES string of the molecule is CCCCCC/C=C/CCCCCCCC(=O)O[C@H](CO/C=C/CCCCCCCCCCCCCCCC)COP(=O)(O)OCCN. The van der Waals surface area contributed by atoms with Crippen LogP contribution in [-0.4, -0.2) is 43.3 Å². The Morgan fingerprint density at radius 1 is 0.625 bits per heavy atom. The first-order valence-electron chi connectivity index (χ1n) is 19.9. The number of ether oxygens (including phenoxy) is 2. The number of hydrogen-bond acceptors (Lipinski definition) is 7. The summed E-state index contributed by atoms with van der Waals surface area (Å²) >= 11 is 0. The van der Waals surface area contributed by atoms with Gasteiger partial charge in [0.05, 0.1) is 19.5 Å². The first-order chi connectivity index (χ1) is 23.4. The summed E-state index contributed by atoms with van der Waals surface area (Å²) in [6.07, 6.45) is 40.0. The van der Waals surface area contributed by atoms with Crippen molar-refractivity contribution in [1.82, 2.24) is 0 Å². The van der Waals surface area contributed by atoms with Gasteiger partial charge in [-0.3, -0.25) is 13.8 Å². The Labute approximate surface area is 296 Å². The fraction of sp³-hybridized carbons (Fsp3) is 0.872. The van der Waals surface area contributed by atoms with Gasteiger partial charge in [0.15, 0.2) is 6.10 Å². The van der Waals surface area contributed by atoms with Crippen molar-refractivity contribution in [2.45, 2.75) is 193 Å². The van der Waals surface area contributed by atoms with Crippen LogP contribution in [-0.2, 0) is 27.9 Å². The summed E-state index contributed by atoms with van der Waals surface area (Å²) in [6, 6.07) is 0. The minimum Gasteiger partial charge on any atom is -0.498 e. The number of unbranched alkanes of at least 4 members (excludes halogenated alkanes) is 23. The van der Waals surface area contributed by atoms with Crippen LogP contribution in [0.2, 0.25) is 0 Å². The van der Waals surface area contributed by atoms with E-state index in [1.807, 2.05) is 6.08 Å². The van der Waals surface area contributed by atoms with Crippen LogP contribution in [0.5, 0.6) is 0 Å². The second-order valence-electron chi connectivity index (χ2n) is 13.2. The van der Waals surface area contributed by atoms with Gasteiger partial charge >= 0.3 is 13.8 Å². The average Bonchev–Trinajstić information content (AvgIpc) is 3.07. The van der Waals surface area contributed by atoms with E-state index in [0.717, 1.165) is 44.9 Å². The first kappa shape index (κ1) is 46.8. The minimum absolute atomic E-state index is 0.0317. The molecule has 0 spiro atoms. The van der Waals surface area contributed by atoms with Crippen molar-refractivity contribution in [3.63, 3.8) is 0 Å². The first-order valence-corrected chi connectivity index (χ1v) is 21.4. The molecule has 0 fully saturated rings. The summed E-state index contributed by atoms with van der Waals surface area (Å²) in [6.45, 7) is 4.22. The topological polar surface area (TPSA) is 117 Å². The monoisotopic (exact) mass is 702 g/mol. The molecular formula is C39H76NO7P. The fourth-order valence-electron chi connectivity index (χ4n) is 5.49. The summed E-state index contributed by atoms with van der Waals surface area (Å²) in [5, 5.41) is 0. The quantitative estimate of drug-likeness (QED) is 0.0215. The third kappa shape index (κ3) is 36.1. The number of allylic oxidation sites excluding steroid dienone is 3. The van der Waals surface area contributed by atoms with Gasteiger partial charge in [-0.1, -0.05) is 148 Å². The second-order valence-corrected chi connectivity index (χ2v) is 14.7.